The third-order valence-corrected chi connectivity index (χ3v) is 2.83. The fraction of sp³-hybridized carbons (Fsp3) is 0.750. The minimum Gasteiger partial charge on any atom is -0.388 e. The lowest BCUT2D eigenvalue weighted by Crippen LogP contribution is -2.06. The van der Waals surface area contributed by atoms with Gasteiger partial charge in [-0.15, -0.1) is 0 Å². The van der Waals surface area contributed by atoms with Crippen LogP contribution in [-0.4, -0.2) is 14.7 Å². The van der Waals surface area contributed by atoms with E-state index in [0.717, 1.165) is 24.5 Å². The monoisotopic (exact) mass is 210 g/mol. The van der Waals surface area contributed by atoms with Crippen LogP contribution in [0.5, 0.6) is 0 Å². The number of unbranched alkanes of at least 4 members (excludes halogenated alkanes) is 2. The molecule has 0 atom stereocenters. The SMILES string of the molecule is CCCCCc1c(C)nc(CO)n1CC. The molecular weight excluding hydrogens is 188 g/mol. The number of nitrogens with zero attached hydrogens (tertiary/aromatic N) is 2. The number of hydrogen-bond donors (Lipinski definition) is 1. The van der Waals surface area contributed by atoms with Gasteiger partial charge in [-0.2, -0.15) is 0 Å². The molecule has 0 saturated heterocycles. The van der Waals surface area contributed by atoms with Crippen molar-refractivity contribution in [1.82, 2.24) is 9.55 Å². The van der Waals surface area contributed by atoms with E-state index in [0.29, 0.717) is 0 Å². The summed E-state index contributed by atoms with van der Waals surface area (Å²) in [6.07, 6.45) is 4.81. The highest BCUT2D eigenvalue weighted by molar-refractivity contribution is 5.16. The predicted molar refractivity (Wildman–Crippen MR) is 61.8 cm³/mol. The Balaban J connectivity index is 2.79. The largest absolute Gasteiger partial charge is 0.388 e. The van der Waals surface area contributed by atoms with E-state index in [2.05, 4.69) is 23.4 Å². The van der Waals surface area contributed by atoms with Gasteiger partial charge in [0, 0.05) is 12.2 Å². The van der Waals surface area contributed by atoms with Crippen LogP contribution >= 0.6 is 0 Å². The Morgan fingerprint density at radius 3 is 2.53 bits per heavy atom. The normalized spacial score (nSPS) is 10.9. The van der Waals surface area contributed by atoms with Gasteiger partial charge in [0.1, 0.15) is 12.4 Å². The molecule has 3 nitrogen and oxygen atoms in total. The van der Waals surface area contributed by atoms with Crippen molar-refractivity contribution in [2.75, 3.05) is 0 Å². The summed E-state index contributed by atoms with van der Waals surface area (Å²) in [6.45, 7) is 7.29. The van der Waals surface area contributed by atoms with Gasteiger partial charge in [0.15, 0.2) is 0 Å². The molecule has 0 bridgehead atoms. The van der Waals surface area contributed by atoms with Crippen molar-refractivity contribution in [3.05, 3.63) is 17.2 Å². The molecule has 1 heterocycles. The van der Waals surface area contributed by atoms with Crippen molar-refractivity contribution >= 4 is 0 Å². The molecule has 0 radical (unpaired) electrons. The van der Waals surface area contributed by atoms with Crippen LogP contribution in [0.25, 0.3) is 0 Å². The third kappa shape index (κ3) is 2.81. The summed E-state index contributed by atoms with van der Waals surface area (Å²) in [7, 11) is 0. The fourth-order valence-corrected chi connectivity index (χ4v) is 2.02. The summed E-state index contributed by atoms with van der Waals surface area (Å²) in [5.74, 6) is 0.807. The lowest BCUT2D eigenvalue weighted by molar-refractivity contribution is 0.265. The average Bonchev–Trinajstić information content (AvgIpc) is 2.55. The highest BCUT2D eigenvalue weighted by Gasteiger charge is 2.11. The Hall–Kier alpha value is -0.830. The molecule has 0 aliphatic heterocycles. The van der Waals surface area contributed by atoms with Crippen LogP contribution in [0.2, 0.25) is 0 Å². The quantitative estimate of drug-likeness (QED) is 0.732. The summed E-state index contributed by atoms with van der Waals surface area (Å²) < 4.78 is 2.14. The molecule has 0 fully saturated rings. The number of aliphatic hydroxyl groups excluding tert-OH is 1. The van der Waals surface area contributed by atoms with E-state index in [1.807, 2.05) is 6.92 Å². The number of hydrogen-bond acceptors (Lipinski definition) is 2. The molecule has 0 spiro atoms. The second-order valence-electron chi connectivity index (χ2n) is 3.92. The van der Waals surface area contributed by atoms with Gasteiger partial charge in [-0.05, 0) is 26.7 Å². The van der Waals surface area contributed by atoms with Gasteiger partial charge < -0.3 is 9.67 Å². The van der Waals surface area contributed by atoms with Gasteiger partial charge in [0.25, 0.3) is 0 Å². The number of rotatable bonds is 6. The lowest BCUT2D eigenvalue weighted by atomic mass is 10.1. The van der Waals surface area contributed by atoms with E-state index >= 15 is 0 Å². The maximum atomic E-state index is 9.18. The van der Waals surface area contributed by atoms with Crippen molar-refractivity contribution in [3.8, 4) is 0 Å². The van der Waals surface area contributed by atoms with Gasteiger partial charge in [0.05, 0.1) is 5.69 Å². The second kappa shape index (κ2) is 5.91. The Morgan fingerprint density at radius 1 is 1.27 bits per heavy atom. The summed E-state index contributed by atoms with van der Waals surface area (Å²) >= 11 is 0. The molecule has 0 aliphatic carbocycles. The van der Waals surface area contributed by atoms with Crippen LogP contribution in [0, 0.1) is 6.92 Å². The summed E-state index contributed by atoms with van der Waals surface area (Å²) in [5.41, 5.74) is 2.38. The highest BCUT2D eigenvalue weighted by atomic mass is 16.3. The van der Waals surface area contributed by atoms with Gasteiger partial charge in [-0.25, -0.2) is 4.98 Å². The van der Waals surface area contributed by atoms with E-state index in [1.54, 1.807) is 0 Å². The van der Waals surface area contributed by atoms with Gasteiger partial charge in [0.2, 0.25) is 0 Å². The summed E-state index contributed by atoms with van der Waals surface area (Å²) in [5, 5.41) is 9.18. The van der Waals surface area contributed by atoms with Crippen LogP contribution in [0.1, 0.15) is 50.3 Å². The number of aliphatic hydroxyl groups is 1. The average molecular weight is 210 g/mol. The van der Waals surface area contributed by atoms with Crippen molar-refractivity contribution < 1.29 is 5.11 Å². The fourth-order valence-electron chi connectivity index (χ4n) is 2.02. The Morgan fingerprint density at radius 2 is 2.00 bits per heavy atom. The zero-order valence-corrected chi connectivity index (χ0v) is 10.1. The zero-order chi connectivity index (χ0) is 11.3. The molecule has 0 saturated carbocycles. The smallest absolute Gasteiger partial charge is 0.135 e. The Bertz CT molecular complexity index is 305. The van der Waals surface area contributed by atoms with Crippen molar-refractivity contribution in [2.24, 2.45) is 0 Å². The number of aromatic nitrogens is 2. The first-order chi connectivity index (χ1) is 7.24. The van der Waals surface area contributed by atoms with Gasteiger partial charge in [-0.3, -0.25) is 0 Å². The first-order valence-corrected chi connectivity index (χ1v) is 5.90. The molecule has 0 aliphatic rings. The van der Waals surface area contributed by atoms with Crippen LogP contribution in [0.4, 0.5) is 0 Å². The molecule has 3 heteroatoms. The number of aryl methyl sites for hydroxylation is 1. The van der Waals surface area contributed by atoms with E-state index in [4.69, 9.17) is 0 Å². The highest BCUT2D eigenvalue weighted by Crippen LogP contribution is 2.15. The topological polar surface area (TPSA) is 38.1 Å². The van der Waals surface area contributed by atoms with Crippen LogP contribution < -0.4 is 0 Å². The zero-order valence-electron chi connectivity index (χ0n) is 10.1. The molecule has 0 aromatic carbocycles. The Labute approximate surface area is 92.1 Å². The molecule has 86 valence electrons. The Kier molecular flexibility index (Phi) is 4.82. The second-order valence-corrected chi connectivity index (χ2v) is 3.92. The standard InChI is InChI=1S/C12H22N2O/c1-4-6-7-8-11-10(3)13-12(9-15)14(11)5-2/h15H,4-9H2,1-3H3. The molecule has 1 rings (SSSR count). The van der Waals surface area contributed by atoms with Crippen molar-refractivity contribution in [2.45, 2.75) is 59.6 Å². The molecule has 0 unspecified atom stereocenters. The summed E-state index contributed by atoms with van der Waals surface area (Å²) in [6, 6.07) is 0. The van der Waals surface area contributed by atoms with Crippen LogP contribution in [-0.2, 0) is 19.6 Å². The molecule has 1 aromatic rings. The molecule has 15 heavy (non-hydrogen) atoms. The van der Waals surface area contributed by atoms with Gasteiger partial charge >= 0.3 is 0 Å². The third-order valence-electron chi connectivity index (χ3n) is 2.83. The minimum atomic E-state index is 0.0441. The van der Waals surface area contributed by atoms with Crippen molar-refractivity contribution in [1.29, 1.82) is 0 Å². The van der Waals surface area contributed by atoms with Crippen LogP contribution in [0.3, 0.4) is 0 Å². The lowest BCUT2D eigenvalue weighted by Gasteiger charge is -2.08. The summed E-state index contributed by atoms with van der Waals surface area (Å²) in [4.78, 5) is 4.39. The predicted octanol–water partition coefficient (Wildman–Crippen LogP) is 2.44. The van der Waals surface area contributed by atoms with E-state index < -0.39 is 0 Å². The first kappa shape index (κ1) is 12.2. The first-order valence-electron chi connectivity index (χ1n) is 5.90. The molecule has 1 N–H and O–H groups in total. The molecule has 0 amide bonds. The molecular formula is C12H22N2O. The van der Waals surface area contributed by atoms with Gasteiger partial charge in [-0.1, -0.05) is 19.8 Å². The van der Waals surface area contributed by atoms with E-state index in [9.17, 15) is 5.11 Å². The number of imidazole rings is 1. The molecule has 1 aromatic heterocycles. The van der Waals surface area contributed by atoms with Crippen LogP contribution in [0.15, 0.2) is 0 Å². The minimum absolute atomic E-state index is 0.0441. The van der Waals surface area contributed by atoms with E-state index in [1.165, 1.54) is 25.0 Å². The van der Waals surface area contributed by atoms with Crippen molar-refractivity contribution in [3.63, 3.8) is 0 Å². The maximum Gasteiger partial charge on any atom is 0.135 e. The van der Waals surface area contributed by atoms with E-state index in [-0.39, 0.29) is 6.61 Å². The maximum absolute atomic E-state index is 9.18.